The van der Waals surface area contributed by atoms with Crippen molar-refractivity contribution in [2.45, 2.75) is 44.7 Å². The summed E-state index contributed by atoms with van der Waals surface area (Å²) in [5.41, 5.74) is 8.16. The third-order valence-corrected chi connectivity index (χ3v) is 6.07. The molecule has 4 aliphatic carbocycles. The van der Waals surface area contributed by atoms with E-state index in [1.54, 1.807) is 6.42 Å². The number of benzene rings is 1. The smallest absolute Gasteiger partial charge is 0.0317 e. The number of hydrogen-bond acceptors (Lipinski definition) is 2. The van der Waals surface area contributed by atoms with Crippen LogP contribution in [0.25, 0.3) is 0 Å². The quantitative estimate of drug-likeness (QED) is 0.851. The molecule has 0 spiro atoms. The van der Waals surface area contributed by atoms with Gasteiger partial charge in [-0.15, -0.1) is 0 Å². The van der Waals surface area contributed by atoms with E-state index in [1.165, 1.54) is 31.2 Å². The normalized spacial score (nSPS) is 38.6. The first-order valence-corrected chi connectivity index (χ1v) is 8.23. The van der Waals surface area contributed by atoms with Crippen LogP contribution in [0.1, 0.15) is 37.7 Å². The van der Waals surface area contributed by atoms with Crippen LogP contribution < -0.4 is 5.73 Å². The molecule has 4 aliphatic rings. The van der Waals surface area contributed by atoms with Gasteiger partial charge in [-0.05, 0) is 80.5 Å². The van der Waals surface area contributed by atoms with Gasteiger partial charge in [0.25, 0.3) is 0 Å². The molecule has 5 rings (SSSR count). The van der Waals surface area contributed by atoms with Crippen LogP contribution in [0.3, 0.4) is 0 Å². The lowest BCUT2D eigenvalue weighted by molar-refractivity contribution is -0.0598. The fourth-order valence-electron chi connectivity index (χ4n) is 5.70. The molecular weight excluding hydrogens is 244 g/mol. The summed E-state index contributed by atoms with van der Waals surface area (Å²) in [7, 11) is 2.33. The van der Waals surface area contributed by atoms with E-state index in [0.717, 1.165) is 41.9 Å². The van der Waals surface area contributed by atoms with Crippen molar-refractivity contribution in [3.05, 3.63) is 29.8 Å². The molecule has 4 saturated carbocycles. The molecule has 2 heteroatoms. The summed E-state index contributed by atoms with van der Waals surface area (Å²) in [4.78, 5) is 2.63. The Bertz CT molecular complexity index is 468. The van der Waals surface area contributed by atoms with E-state index in [2.05, 4.69) is 30.1 Å². The SMILES string of the molecule is CN(Cc1cccc(N)c1)C1C2CC3CC(C2)CC1C3. The molecule has 108 valence electrons. The first-order chi connectivity index (χ1) is 9.69. The topological polar surface area (TPSA) is 29.3 Å². The van der Waals surface area contributed by atoms with Gasteiger partial charge in [-0.1, -0.05) is 12.1 Å². The molecule has 0 aromatic heterocycles. The molecule has 0 radical (unpaired) electrons. The number of nitrogens with zero attached hydrogens (tertiary/aromatic N) is 1. The maximum Gasteiger partial charge on any atom is 0.0317 e. The van der Waals surface area contributed by atoms with Crippen molar-refractivity contribution in [1.29, 1.82) is 0 Å². The lowest BCUT2D eigenvalue weighted by atomic mass is 9.54. The van der Waals surface area contributed by atoms with Gasteiger partial charge in [-0.25, -0.2) is 0 Å². The number of nitrogen functional groups attached to an aromatic ring is 1. The predicted molar refractivity (Wildman–Crippen MR) is 83.2 cm³/mol. The molecule has 0 saturated heterocycles. The van der Waals surface area contributed by atoms with E-state index in [-0.39, 0.29) is 0 Å². The highest BCUT2D eigenvalue weighted by atomic mass is 15.1. The molecule has 4 fully saturated rings. The second-order valence-corrected chi connectivity index (χ2v) is 7.58. The Morgan fingerprint density at radius 3 is 2.30 bits per heavy atom. The van der Waals surface area contributed by atoms with Crippen molar-refractivity contribution in [3.63, 3.8) is 0 Å². The predicted octanol–water partition coefficient (Wildman–Crippen LogP) is 3.53. The summed E-state index contributed by atoms with van der Waals surface area (Å²) < 4.78 is 0. The van der Waals surface area contributed by atoms with Crippen molar-refractivity contribution in [2.75, 3.05) is 12.8 Å². The van der Waals surface area contributed by atoms with E-state index >= 15 is 0 Å². The van der Waals surface area contributed by atoms with Crippen LogP contribution in [-0.2, 0) is 6.54 Å². The maximum absolute atomic E-state index is 5.91. The van der Waals surface area contributed by atoms with E-state index < -0.39 is 0 Å². The highest BCUT2D eigenvalue weighted by Gasteiger charge is 2.49. The summed E-state index contributed by atoms with van der Waals surface area (Å²) >= 11 is 0. The molecule has 0 heterocycles. The molecule has 4 bridgehead atoms. The lowest BCUT2D eigenvalue weighted by Gasteiger charge is -2.56. The molecule has 1 aromatic rings. The van der Waals surface area contributed by atoms with Gasteiger partial charge >= 0.3 is 0 Å². The van der Waals surface area contributed by atoms with Gasteiger partial charge in [-0.2, -0.15) is 0 Å². The van der Waals surface area contributed by atoms with Gasteiger partial charge < -0.3 is 5.73 Å². The summed E-state index contributed by atoms with van der Waals surface area (Å²) in [5.74, 6) is 4.07. The second kappa shape index (κ2) is 4.77. The lowest BCUT2D eigenvalue weighted by Crippen LogP contribution is -2.54. The van der Waals surface area contributed by atoms with Crippen molar-refractivity contribution in [2.24, 2.45) is 23.7 Å². The van der Waals surface area contributed by atoms with Crippen LogP contribution in [0.2, 0.25) is 0 Å². The highest BCUT2D eigenvalue weighted by Crippen LogP contribution is 2.55. The third-order valence-electron chi connectivity index (χ3n) is 6.07. The van der Waals surface area contributed by atoms with E-state index in [0.29, 0.717) is 0 Å². The molecule has 0 atom stereocenters. The van der Waals surface area contributed by atoms with Gasteiger partial charge in [0.1, 0.15) is 0 Å². The summed E-state index contributed by atoms with van der Waals surface area (Å²) in [6.45, 7) is 1.05. The Morgan fingerprint density at radius 1 is 1.05 bits per heavy atom. The van der Waals surface area contributed by atoms with Crippen molar-refractivity contribution < 1.29 is 0 Å². The van der Waals surface area contributed by atoms with Crippen molar-refractivity contribution in [3.8, 4) is 0 Å². The molecule has 0 amide bonds. The molecule has 1 aromatic carbocycles. The monoisotopic (exact) mass is 270 g/mol. The Kier molecular flexibility index (Phi) is 3.03. The summed E-state index contributed by atoms with van der Waals surface area (Å²) in [6.07, 6.45) is 7.54. The first kappa shape index (κ1) is 12.7. The fourth-order valence-corrected chi connectivity index (χ4v) is 5.70. The number of anilines is 1. The maximum atomic E-state index is 5.91. The summed E-state index contributed by atoms with van der Waals surface area (Å²) in [5, 5.41) is 0. The average molecular weight is 270 g/mol. The van der Waals surface area contributed by atoms with Crippen LogP contribution in [0.4, 0.5) is 5.69 Å². The van der Waals surface area contributed by atoms with Crippen molar-refractivity contribution >= 4 is 5.69 Å². The third kappa shape index (κ3) is 2.14. The van der Waals surface area contributed by atoms with E-state index in [4.69, 9.17) is 5.73 Å². The molecule has 2 N–H and O–H groups in total. The Labute approximate surface area is 122 Å². The molecule has 2 nitrogen and oxygen atoms in total. The van der Waals surface area contributed by atoms with Crippen LogP contribution in [0, 0.1) is 23.7 Å². The van der Waals surface area contributed by atoms with Gasteiger partial charge in [0.15, 0.2) is 0 Å². The van der Waals surface area contributed by atoms with Crippen LogP contribution in [0.15, 0.2) is 24.3 Å². The van der Waals surface area contributed by atoms with Crippen LogP contribution in [-0.4, -0.2) is 18.0 Å². The largest absolute Gasteiger partial charge is 0.399 e. The average Bonchev–Trinajstić information content (AvgIpc) is 2.37. The Morgan fingerprint density at radius 2 is 1.70 bits per heavy atom. The summed E-state index contributed by atoms with van der Waals surface area (Å²) in [6, 6.07) is 9.22. The number of nitrogens with two attached hydrogens (primary N) is 1. The van der Waals surface area contributed by atoms with Gasteiger partial charge in [0.2, 0.25) is 0 Å². The zero-order chi connectivity index (χ0) is 13.7. The molecular formula is C18H26N2. The minimum atomic E-state index is 0.823. The molecule has 20 heavy (non-hydrogen) atoms. The Hall–Kier alpha value is -1.02. The molecule has 0 unspecified atom stereocenters. The van der Waals surface area contributed by atoms with Gasteiger partial charge in [-0.3, -0.25) is 4.90 Å². The highest BCUT2D eigenvalue weighted by molar-refractivity contribution is 5.40. The Balaban J connectivity index is 1.50. The fraction of sp³-hybridized carbons (Fsp3) is 0.667. The second-order valence-electron chi connectivity index (χ2n) is 7.58. The van der Waals surface area contributed by atoms with Crippen LogP contribution in [0.5, 0.6) is 0 Å². The van der Waals surface area contributed by atoms with E-state index in [9.17, 15) is 0 Å². The number of hydrogen-bond donors (Lipinski definition) is 1. The minimum Gasteiger partial charge on any atom is -0.399 e. The zero-order valence-corrected chi connectivity index (χ0v) is 12.5. The van der Waals surface area contributed by atoms with E-state index in [1.807, 2.05) is 6.07 Å². The zero-order valence-electron chi connectivity index (χ0n) is 12.5. The van der Waals surface area contributed by atoms with Gasteiger partial charge in [0.05, 0.1) is 0 Å². The van der Waals surface area contributed by atoms with Crippen LogP contribution >= 0.6 is 0 Å². The first-order valence-electron chi connectivity index (χ1n) is 8.23. The van der Waals surface area contributed by atoms with Crippen molar-refractivity contribution in [1.82, 2.24) is 4.90 Å². The number of rotatable bonds is 3. The molecule has 0 aliphatic heterocycles. The minimum absolute atomic E-state index is 0.823. The van der Waals surface area contributed by atoms with Gasteiger partial charge in [0, 0.05) is 18.3 Å². The standard InChI is InChI=1S/C18H26N2/c1-20(11-12-3-2-4-17(19)10-12)18-15-6-13-5-14(8-15)9-16(18)7-13/h2-4,10,13-16,18H,5-9,11,19H2,1H3.